The van der Waals surface area contributed by atoms with Crippen molar-refractivity contribution in [1.82, 2.24) is 0 Å². The van der Waals surface area contributed by atoms with Crippen molar-refractivity contribution in [3.63, 3.8) is 0 Å². The van der Waals surface area contributed by atoms with Gasteiger partial charge in [-0.1, -0.05) is 86.0 Å². The van der Waals surface area contributed by atoms with Gasteiger partial charge in [0.25, 0.3) is 0 Å². The summed E-state index contributed by atoms with van der Waals surface area (Å²) in [7, 11) is 0. The van der Waals surface area contributed by atoms with Crippen LogP contribution in [0.1, 0.15) is 22.3 Å². The molecular weight excluding hydrogens is 516 g/mol. The molecule has 41 heavy (non-hydrogen) atoms. The van der Waals surface area contributed by atoms with Crippen molar-refractivity contribution < 1.29 is 28.8 Å². The SMILES string of the molecule is C=CC(=O)OCCOc1ccc(C2(c3ccc(OCCOC(O)C=C)cc3)c3ccccc3-c3ccccc32)cc1. The predicted molar refractivity (Wildman–Crippen MR) is 158 cm³/mol. The zero-order valence-corrected chi connectivity index (χ0v) is 22.7. The van der Waals surface area contributed by atoms with E-state index in [0.717, 1.165) is 17.2 Å². The standard InChI is InChI=1S/C35H32O6/c1-3-33(36)40-23-21-38-27-17-13-25(14-18-27)35(26-15-19-28(20-16-26)39-22-24-41-34(37)4-2)31-11-7-5-9-29(31)30-10-6-8-12-32(30)35/h3-20,33,36H,1-2,21-24H2. The summed E-state index contributed by atoms with van der Waals surface area (Å²) in [4.78, 5) is 11.3. The molecule has 5 rings (SSSR count). The molecule has 4 aromatic rings. The number of rotatable bonds is 13. The summed E-state index contributed by atoms with van der Waals surface area (Å²) >= 11 is 0. The van der Waals surface area contributed by atoms with E-state index in [4.69, 9.17) is 18.9 Å². The highest BCUT2D eigenvalue weighted by molar-refractivity contribution is 5.86. The molecule has 0 spiro atoms. The second kappa shape index (κ2) is 12.7. The van der Waals surface area contributed by atoms with Gasteiger partial charge in [-0.05, 0) is 63.7 Å². The fourth-order valence-corrected chi connectivity index (χ4v) is 5.38. The molecule has 0 amide bonds. The van der Waals surface area contributed by atoms with Gasteiger partial charge in [-0.15, -0.1) is 0 Å². The van der Waals surface area contributed by atoms with Gasteiger partial charge < -0.3 is 24.1 Å². The summed E-state index contributed by atoms with van der Waals surface area (Å²) in [5.41, 5.74) is 6.45. The molecule has 0 bridgehead atoms. The smallest absolute Gasteiger partial charge is 0.330 e. The maximum atomic E-state index is 11.3. The zero-order valence-electron chi connectivity index (χ0n) is 22.7. The Morgan fingerprint density at radius 1 is 0.707 bits per heavy atom. The summed E-state index contributed by atoms with van der Waals surface area (Å²) in [6, 6.07) is 33.3. The van der Waals surface area contributed by atoms with E-state index in [9.17, 15) is 9.90 Å². The quantitative estimate of drug-likeness (QED) is 0.0634. The first-order chi connectivity index (χ1) is 20.1. The molecule has 0 fully saturated rings. The van der Waals surface area contributed by atoms with E-state index in [-0.39, 0.29) is 19.8 Å². The number of carbonyl (C=O) groups is 1. The topological polar surface area (TPSA) is 74.2 Å². The van der Waals surface area contributed by atoms with Crippen LogP contribution < -0.4 is 9.47 Å². The van der Waals surface area contributed by atoms with Crippen LogP contribution in [-0.4, -0.2) is 43.8 Å². The van der Waals surface area contributed by atoms with Crippen LogP contribution in [0.5, 0.6) is 11.5 Å². The number of fused-ring (bicyclic) bond motifs is 3. The molecule has 1 unspecified atom stereocenters. The van der Waals surface area contributed by atoms with Crippen molar-refractivity contribution >= 4 is 5.97 Å². The molecule has 1 aliphatic rings. The number of benzene rings is 4. The highest BCUT2D eigenvalue weighted by Crippen LogP contribution is 2.56. The van der Waals surface area contributed by atoms with Gasteiger partial charge in [-0.2, -0.15) is 0 Å². The molecular formula is C35H32O6. The van der Waals surface area contributed by atoms with E-state index in [0.29, 0.717) is 18.1 Å². The number of ether oxygens (including phenoxy) is 4. The van der Waals surface area contributed by atoms with E-state index in [1.165, 1.54) is 28.3 Å². The lowest BCUT2D eigenvalue weighted by molar-refractivity contribution is -0.138. The molecule has 0 heterocycles. The van der Waals surface area contributed by atoms with Gasteiger partial charge in [0.2, 0.25) is 0 Å². The highest BCUT2D eigenvalue weighted by Gasteiger charge is 2.45. The molecule has 4 aromatic carbocycles. The van der Waals surface area contributed by atoms with E-state index in [1.807, 2.05) is 24.3 Å². The molecule has 0 aromatic heterocycles. The van der Waals surface area contributed by atoms with Crippen LogP contribution in [0, 0.1) is 0 Å². The van der Waals surface area contributed by atoms with Crippen molar-refractivity contribution in [1.29, 1.82) is 0 Å². The number of aliphatic hydroxyl groups is 1. The molecule has 0 radical (unpaired) electrons. The van der Waals surface area contributed by atoms with Crippen LogP contribution in [0.25, 0.3) is 11.1 Å². The maximum absolute atomic E-state index is 11.3. The van der Waals surface area contributed by atoms with Crippen molar-refractivity contribution in [3.8, 4) is 22.6 Å². The van der Waals surface area contributed by atoms with Gasteiger partial charge >= 0.3 is 5.97 Å². The average Bonchev–Trinajstić information content (AvgIpc) is 3.33. The fourth-order valence-electron chi connectivity index (χ4n) is 5.38. The molecule has 6 heteroatoms. The molecule has 6 nitrogen and oxygen atoms in total. The number of aliphatic hydroxyl groups excluding tert-OH is 1. The third kappa shape index (κ3) is 5.66. The van der Waals surface area contributed by atoms with Crippen LogP contribution in [0.4, 0.5) is 0 Å². The van der Waals surface area contributed by atoms with Crippen molar-refractivity contribution in [2.45, 2.75) is 11.7 Å². The van der Waals surface area contributed by atoms with Crippen LogP contribution in [-0.2, 0) is 19.7 Å². The van der Waals surface area contributed by atoms with Crippen molar-refractivity contribution in [3.05, 3.63) is 145 Å². The van der Waals surface area contributed by atoms with Crippen LogP contribution in [0.2, 0.25) is 0 Å². The Bertz CT molecular complexity index is 1460. The minimum absolute atomic E-state index is 0.146. The van der Waals surface area contributed by atoms with Crippen LogP contribution in [0.15, 0.2) is 122 Å². The fraction of sp³-hybridized carbons (Fsp3) is 0.171. The largest absolute Gasteiger partial charge is 0.491 e. The number of esters is 1. The summed E-state index contributed by atoms with van der Waals surface area (Å²) in [6.07, 6.45) is 1.45. The zero-order chi connectivity index (χ0) is 28.7. The molecule has 1 N–H and O–H groups in total. The van der Waals surface area contributed by atoms with E-state index in [2.05, 4.69) is 86.0 Å². The van der Waals surface area contributed by atoms with Crippen molar-refractivity contribution in [2.75, 3.05) is 26.4 Å². The summed E-state index contributed by atoms with van der Waals surface area (Å²) in [6.45, 7) is 7.83. The predicted octanol–water partition coefficient (Wildman–Crippen LogP) is 6.06. The Labute approximate surface area is 240 Å². The second-order valence-electron chi connectivity index (χ2n) is 9.46. The molecule has 1 atom stereocenters. The van der Waals surface area contributed by atoms with Gasteiger partial charge in [0.05, 0.1) is 12.0 Å². The van der Waals surface area contributed by atoms with E-state index < -0.39 is 17.7 Å². The Hall–Kier alpha value is -4.65. The normalized spacial score (nSPS) is 13.4. The minimum Gasteiger partial charge on any atom is -0.491 e. The van der Waals surface area contributed by atoms with Crippen LogP contribution in [0.3, 0.4) is 0 Å². The number of hydrogen-bond acceptors (Lipinski definition) is 6. The van der Waals surface area contributed by atoms with Gasteiger partial charge in [0.1, 0.15) is 31.3 Å². The van der Waals surface area contributed by atoms with Gasteiger partial charge in [-0.25, -0.2) is 4.79 Å². The lowest BCUT2D eigenvalue weighted by atomic mass is 9.68. The first-order valence-electron chi connectivity index (χ1n) is 13.5. The van der Waals surface area contributed by atoms with E-state index in [1.54, 1.807) is 0 Å². The van der Waals surface area contributed by atoms with Gasteiger partial charge in [0.15, 0.2) is 6.29 Å². The average molecular weight is 549 g/mol. The Balaban J connectivity index is 1.48. The Morgan fingerprint density at radius 3 is 1.68 bits per heavy atom. The molecule has 1 aliphatic carbocycles. The Kier molecular flexibility index (Phi) is 8.63. The Morgan fingerprint density at radius 2 is 1.20 bits per heavy atom. The first kappa shape index (κ1) is 27.9. The highest BCUT2D eigenvalue weighted by atomic mass is 16.6. The molecule has 208 valence electrons. The van der Waals surface area contributed by atoms with E-state index >= 15 is 0 Å². The number of hydrogen-bond donors (Lipinski definition) is 1. The van der Waals surface area contributed by atoms with Crippen LogP contribution >= 0.6 is 0 Å². The third-order valence-electron chi connectivity index (χ3n) is 7.13. The maximum Gasteiger partial charge on any atom is 0.330 e. The molecule has 0 saturated heterocycles. The van der Waals surface area contributed by atoms with Gasteiger partial charge in [0, 0.05) is 6.08 Å². The lowest BCUT2D eigenvalue weighted by Crippen LogP contribution is -2.28. The molecule has 0 aliphatic heterocycles. The molecule has 0 saturated carbocycles. The lowest BCUT2D eigenvalue weighted by Gasteiger charge is -2.34. The summed E-state index contributed by atoms with van der Waals surface area (Å²) in [5, 5.41) is 9.49. The van der Waals surface area contributed by atoms with Crippen molar-refractivity contribution in [2.24, 2.45) is 0 Å². The second-order valence-corrected chi connectivity index (χ2v) is 9.46. The first-order valence-corrected chi connectivity index (χ1v) is 13.5. The monoisotopic (exact) mass is 548 g/mol. The number of carbonyl (C=O) groups excluding carboxylic acids is 1. The third-order valence-corrected chi connectivity index (χ3v) is 7.13. The minimum atomic E-state index is -1.00. The van der Waals surface area contributed by atoms with Gasteiger partial charge in [-0.3, -0.25) is 0 Å². The summed E-state index contributed by atoms with van der Waals surface area (Å²) < 4.78 is 21.9. The summed E-state index contributed by atoms with van der Waals surface area (Å²) in [5.74, 6) is 0.924.